The third-order valence-corrected chi connectivity index (χ3v) is 4.34. The molecule has 1 saturated carbocycles. The van der Waals surface area contributed by atoms with E-state index < -0.39 is 11.1 Å². The van der Waals surface area contributed by atoms with Crippen LogP contribution in [-0.4, -0.2) is 29.8 Å². The van der Waals surface area contributed by atoms with E-state index in [0.29, 0.717) is 5.92 Å². The monoisotopic (exact) mass is 296 g/mol. The largest absolute Gasteiger partial charge is 0.381 e. The first kappa shape index (κ1) is 15.7. The van der Waals surface area contributed by atoms with Crippen LogP contribution < -0.4 is 0 Å². The lowest BCUT2D eigenvalue weighted by Crippen LogP contribution is -2.24. The molecule has 0 radical (unpaired) electrons. The zero-order chi connectivity index (χ0) is 14.2. The van der Waals surface area contributed by atoms with Crippen LogP contribution in [0, 0.1) is 5.92 Å². The van der Waals surface area contributed by atoms with Crippen LogP contribution in [0.2, 0.25) is 0 Å². The maximum atomic E-state index is 11.0. The minimum atomic E-state index is -1.13. The third kappa shape index (κ3) is 5.73. The van der Waals surface area contributed by atoms with Crippen molar-refractivity contribution in [2.75, 3.05) is 19.5 Å². The van der Waals surface area contributed by atoms with E-state index in [1.807, 2.05) is 6.07 Å². The van der Waals surface area contributed by atoms with Crippen molar-refractivity contribution < 1.29 is 13.1 Å². The highest BCUT2D eigenvalue weighted by Crippen LogP contribution is 2.26. The molecule has 20 heavy (non-hydrogen) atoms. The molecule has 1 fully saturated rings. The molecule has 1 unspecified atom stereocenters. The molecule has 0 heterocycles. The van der Waals surface area contributed by atoms with Gasteiger partial charge < -0.3 is 4.74 Å². The van der Waals surface area contributed by atoms with Gasteiger partial charge in [-0.3, -0.25) is 4.18 Å². The van der Waals surface area contributed by atoms with Gasteiger partial charge in [0.15, 0.2) is 11.1 Å². The average molecular weight is 296 g/mol. The Morgan fingerprint density at radius 2 is 1.85 bits per heavy atom. The molecule has 0 aromatic heterocycles. The third-order valence-electron chi connectivity index (χ3n) is 3.80. The molecule has 0 bridgehead atoms. The van der Waals surface area contributed by atoms with E-state index >= 15 is 0 Å². The molecule has 4 heteroatoms. The van der Waals surface area contributed by atoms with Crippen molar-refractivity contribution in [1.29, 1.82) is 0 Å². The van der Waals surface area contributed by atoms with Crippen molar-refractivity contribution in [2.24, 2.45) is 5.92 Å². The van der Waals surface area contributed by atoms with Gasteiger partial charge in [0.25, 0.3) is 0 Å². The summed E-state index contributed by atoms with van der Waals surface area (Å²) >= 11 is -1.13. The van der Waals surface area contributed by atoms with E-state index in [1.165, 1.54) is 5.56 Å². The summed E-state index contributed by atoms with van der Waals surface area (Å²) in [5.74, 6) is 0.635. The predicted octanol–water partition coefficient (Wildman–Crippen LogP) is 3.11. The summed E-state index contributed by atoms with van der Waals surface area (Å²) in [5, 5.41) is 0. The van der Waals surface area contributed by atoms with Crippen molar-refractivity contribution >= 4 is 11.1 Å². The topological polar surface area (TPSA) is 35.5 Å². The molecular formula is C16H24O3S. The predicted molar refractivity (Wildman–Crippen MR) is 81.9 cm³/mol. The first-order valence-electron chi connectivity index (χ1n) is 7.36. The van der Waals surface area contributed by atoms with Crippen molar-refractivity contribution in [2.45, 2.75) is 38.2 Å². The van der Waals surface area contributed by atoms with E-state index in [4.69, 9.17) is 8.92 Å². The summed E-state index contributed by atoms with van der Waals surface area (Å²) < 4.78 is 22.2. The molecule has 112 valence electrons. The Morgan fingerprint density at radius 1 is 1.15 bits per heavy atom. The molecule has 1 aliphatic carbocycles. The first-order valence-corrected chi connectivity index (χ1v) is 8.84. The minimum absolute atomic E-state index is 0.182. The lowest BCUT2D eigenvalue weighted by molar-refractivity contribution is 0.0644. The van der Waals surface area contributed by atoms with Gasteiger partial charge in [-0.15, -0.1) is 0 Å². The van der Waals surface area contributed by atoms with Gasteiger partial charge in [0.05, 0.1) is 12.7 Å². The van der Waals surface area contributed by atoms with Gasteiger partial charge in [0.1, 0.15) is 0 Å². The molecule has 1 aromatic rings. The van der Waals surface area contributed by atoms with E-state index in [2.05, 4.69) is 24.3 Å². The van der Waals surface area contributed by atoms with Crippen LogP contribution in [0.4, 0.5) is 0 Å². The lowest BCUT2D eigenvalue weighted by atomic mass is 9.88. The summed E-state index contributed by atoms with van der Waals surface area (Å²) in [7, 11) is 0. The van der Waals surface area contributed by atoms with Gasteiger partial charge in [-0.2, -0.15) is 0 Å². The van der Waals surface area contributed by atoms with Crippen LogP contribution in [0.3, 0.4) is 0 Å². The molecule has 1 aromatic carbocycles. The SMILES string of the molecule is CS(=O)OC1CCC(COCCc2ccccc2)CC1. The minimum Gasteiger partial charge on any atom is -0.381 e. The number of hydrogen-bond donors (Lipinski definition) is 0. The average Bonchev–Trinajstić information content (AvgIpc) is 2.46. The molecule has 0 saturated heterocycles. The molecule has 3 nitrogen and oxygen atoms in total. The van der Waals surface area contributed by atoms with E-state index in [1.54, 1.807) is 6.26 Å². The second kappa shape index (κ2) is 8.55. The summed E-state index contributed by atoms with van der Waals surface area (Å²) in [5.41, 5.74) is 1.33. The molecule has 0 aliphatic heterocycles. The fraction of sp³-hybridized carbons (Fsp3) is 0.625. The second-order valence-electron chi connectivity index (χ2n) is 5.45. The molecule has 2 rings (SSSR count). The highest BCUT2D eigenvalue weighted by Gasteiger charge is 2.22. The molecule has 0 amide bonds. The van der Waals surface area contributed by atoms with Gasteiger partial charge in [-0.1, -0.05) is 30.3 Å². The van der Waals surface area contributed by atoms with Crippen molar-refractivity contribution in [1.82, 2.24) is 0 Å². The van der Waals surface area contributed by atoms with Gasteiger partial charge in [0, 0.05) is 12.9 Å². The summed E-state index contributed by atoms with van der Waals surface area (Å²) in [6, 6.07) is 10.4. The van der Waals surface area contributed by atoms with Crippen LogP contribution >= 0.6 is 0 Å². The highest BCUT2D eigenvalue weighted by molar-refractivity contribution is 7.79. The van der Waals surface area contributed by atoms with Crippen LogP contribution in [0.15, 0.2) is 30.3 Å². The zero-order valence-electron chi connectivity index (χ0n) is 12.1. The Bertz CT molecular complexity index is 399. The van der Waals surface area contributed by atoms with Gasteiger partial charge in [0.2, 0.25) is 0 Å². The maximum absolute atomic E-state index is 11.0. The smallest absolute Gasteiger partial charge is 0.152 e. The van der Waals surface area contributed by atoms with Crippen molar-refractivity contribution in [3.63, 3.8) is 0 Å². The Hall–Kier alpha value is -0.710. The van der Waals surface area contributed by atoms with E-state index in [9.17, 15) is 4.21 Å². The molecule has 1 aliphatic rings. The number of rotatable bonds is 7. The molecule has 0 spiro atoms. The summed E-state index contributed by atoms with van der Waals surface area (Å²) in [6.07, 6.45) is 7.01. The van der Waals surface area contributed by atoms with Gasteiger partial charge >= 0.3 is 0 Å². The first-order chi connectivity index (χ1) is 9.74. The van der Waals surface area contributed by atoms with Crippen LogP contribution in [-0.2, 0) is 26.4 Å². The zero-order valence-corrected chi connectivity index (χ0v) is 12.9. The van der Waals surface area contributed by atoms with Crippen LogP contribution in [0.25, 0.3) is 0 Å². The second-order valence-corrected chi connectivity index (χ2v) is 6.45. The quantitative estimate of drug-likeness (QED) is 0.725. The van der Waals surface area contributed by atoms with Crippen molar-refractivity contribution in [3.05, 3.63) is 35.9 Å². The van der Waals surface area contributed by atoms with Gasteiger partial charge in [-0.05, 0) is 43.6 Å². The fourth-order valence-corrected chi connectivity index (χ4v) is 3.25. The number of ether oxygens (including phenoxy) is 1. The van der Waals surface area contributed by atoms with E-state index in [0.717, 1.165) is 45.3 Å². The van der Waals surface area contributed by atoms with Crippen LogP contribution in [0.5, 0.6) is 0 Å². The number of hydrogen-bond acceptors (Lipinski definition) is 3. The Labute approximate surface area is 124 Å². The normalized spacial score (nSPS) is 24.4. The molecule has 1 atom stereocenters. The van der Waals surface area contributed by atoms with E-state index in [-0.39, 0.29) is 6.10 Å². The Kier molecular flexibility index (Phi) is 6.70. The fourth-order valence-electron chi connectivity index (χ4n) is 2.67. The highest BCUT2D eigenvalue weighted by atomic mass is 32.2. The number of benzene rings is 1. The maximum Gasteiger partial charge on any atom is 0.152 e. The van der Waals surface area contributed by atoms with Crippen LogP contribution in [0.1, 0.15) is 31.2 Å². The van der Waals surface area contributed by atoms with Gasteiger partial charge in [-0.25, -0.2) is 4.21 Å². The molecular weight excluding hydrogens is 272 g/mol. The lowest BCUT2D eigenvalue weighted by Gasteiger charge is -2.27. The van der Waals surface area contributed by atoms with Crippen molar-refractivity contribution in [3.8, 4) is 0 Å². The standard InChI is InChI=1S/C16H24O3S/c1-20(17)19-16-9-7-15(8-10-16)13-18-12-11-14-5-3-2-4-6-14/h2-6,15-16H,7-13H2,1H3. The Balaban J connectivity index is 1.56. The summed E-state index contributed by atoms with van der Waals surface area (Å²) in [4.78, 5) is 0. The summed E-state index contributed by atoms with van der Waals surface area (Å²) in [6.45, 7) is 1.63. The Morgan fingerprint density at radius 3 is 2.50 bits per heavy atom. The molecule has 0 N–H and O–H groups in total.